The van der Waals surface area contributed by atoms with Gasteiger partial charge >= 0.3 is 6.03 Å². The maximum atomic E-state index is 14.9. The molecule has 300 valence electrons. The first-order valence-corrected chi connectivity index (χ1v) is 21.0. The number of Topliss-reactive ketones (excluding diaryl/α,β-unsaturated/α-hetero) is 1. The SMILES string of the molecule is C=CCNC(=O)C(=O)C(CCCC)NC(=O)[C@@H]1[C@@H](C=C(C)C)CCN1C(=O)[C@@H](NC(=O)N[C@H](CN(C)/S(=C/C)CC)C(C)(C)C)C1Cc2ccccc2C1. The Balaban J connectivity index is 1.97. The van der Waals surface area contributed by atoms with Crippen LogP contribution in [0, 0.1) is 17.3 Å². The van der Waals surface area contributed by atoms with Crippen molar-refractivity contribution in [2.24, 2.45) is 17.3 Å². The molecule has 1 saturated heterocycles. The number of rotatable bonds is 18. The maximum absolute atomic E-state index is 14.9. The number of allylic oxidation sites excluding steroid dienone is 1. The Morgan fingerprint density at radius 1 is 1.04 bits per heavy atom. The summed E-state index contributed by atoms with van der Waals surface area (Å²) in [5.41, 5.74) is 3.02. The molecule has 1 aromatic rings. The largest absolute Gasteiger partial charge is 0.346 e. The molecular formula is C42H66N6O5S. The molecule has 0 saturated carbocycles. The first kappa shape index (κ1) is 44.6. The van der Waals surface area contributed by atoms with Gasteiger partial charge in [-0.15, -0.1) is 17.2 Å². The second-order valence-corrected chi connectivity index (χ2v) is 18.4. The molecule has 3 rings (SSSR count). The van der Waals surface area contributed by atoms with Gasteiger partial charge in [-0.1, -0.05) is 94.8 Å². The van der Waals surface area contributed by atoms with Crippen LogP contribution in [0.2, 0.25) is 0 Å². The number of urea groups is 1. The van der Waals surface area contributed by atoms with Gasteiger partial charge in [0.15, 0.2) is 0 Å². The number of hydrogen-bond donors (Lipinski definition) is 4. The highest BCUT2D eigenvalue weighted by Crippen LogP contribution is 2.33. The molecule has 1 fully saturated rings. The Morgan fingerprint density at radius 2 is 1.69 bits per heavy atom. The maximum Gasteiger partial charge on any atom is 0.315 e. The molecule has 0 radical (unpaired) electrons. The van der Waals surface area contributed by atoms with Crippen LogP contribution >= 0.6 is 10.7 Å². The number of unbranched alkanes of at least 4 members (excludes halogenated alkanes) is 1. The molecule has 1 aliphatic carbocycles. The Labute approximate surface area is 326 Å². The van der Waals surface area contributed by atoms with E-state index in [0.717, 1.165) is 28.9 Å². The molecule has 54 heavy (non-hydrogen) atoms. The molecule has 1 aromatic carbocycles. The van der Waals surface area contributed by atoms with Gasteiger partial charge < -0.3 is 26.2 Å². The summed E-state index contributed by atoms with van der Waals surface area (Å²) in [6, 6.07) is 4.58. The van der Waals surface area contributed by atoms with Gasteiger partial charge in [-0.2, -0.15) is 0 Å². The van der Waals surface area contributed by atoms with Crippen LogP contribution in [0.1, 0.15) is 92.2 Å². The van der Waals surface area contributed by atoms with Crippen molar-refractivity contribution in [1.82, 2.24) is 30.5 Å². The fourth-order valence-corrected chi connectivity index (χ4v) is 9.01. The van der Waals surface area contributed by atoms with Crippen LogP contribution in [0.15, 0.2) is 48.6 Å². The summed E-state index contributed by atoms with van der Waals surface area (Å²) < 4.78 is 2.27. The third-order valence-electron chi connectivity index (χ3n) is 10.5. The Bertz CT molecular complexity index is 1540. The number of ketones is 1. The summed E-state index contributed by atoms with van der Waals surface area (Å²) in [4.78, 5) is 70.9. The van der Waals surface area contributed by atoms with Crippen molar-refractivity contribution in [3.8, 4) is 0 Å². The average Bonchev–Trinajstić information content (AvgIpc) is 3.74. The lowest BCUT2D eigenvalue weighted by molar-refractivity contribution is -0.143. The lowest BCUT2D eigenvalue weighted by atomic mass is 9.86. The van der Waals surface area contributed by atoms with Gasteiger partial charge in [-0.05, 0) is 81.7 Å². The van der Waals surface area contributed by atoms with E-state index >= 15 is 0 Å². The molecule has 4 N–H and O–H groups in total. The number of carbonyl (C=O) groups is 5. The number of carbonyl (C=O) groups excluding carboxylic acids is 5. The van der Waals surface area contributed by atoms with E-state index in [1.54, 1.807) is 4.90 Å². The van der Waals surface area contributed by atoms with Crippen LogP contribution in [0.25, 0.3) is 0 Å². The van der Waals surface area contributed by atoms with E-state index in [9.17, 15) is 24.0 Å². The molecule has 0 aromatic heterocycles. The topological polar surface area (TPSA) is 140 Å². The molecule has 12 heteroatoms. The molecule has 6 atom stereocenters. The standard InChI is InChI=1S/C42H66N6O5S/c1-11-15-20-33(37(49)39(51)43-22-12-2)44-38(50)36-31(24-28(5)6)21-23-48(36)40(52)35(32-25-29-18-16-17-19-30(29)26-32)46-41(53)45-34(42(7,8)9)27-47(10)54(13-3)14-4/h12-13,16-19,24,31-36H,2,11,14-15,20-23,25-27H2,1,3-10H3,(H,43,51)(H,44,50)(H2,45,46,53)/t31-,33?,34-,35+,36+,54?/m1/s1. The molecule has 1 heterocycles. The van der Waals surface area contributed by atoms with Crippen molar-refractivity contribution in [3.05, 3.63) is 59.7 Å². The van der Waals surface area contributed by atoms with Crippen LogP contribution < -0.4 is 21.3 Å². The number of amides is 5. The second kappa shape index (κ2) is 20.8. The number of fused-ring (bicyclic) bond motifs is 1. The van der Waals surface area contributed by atoms with Crippen molar-refractivity contribution in [3.63, 3.8) is 0 Å². The van der Waals surface area contributed by atoms with Crippen LogP contribution in [-0.4, -0.2) is 101 Å². The number of nitrogens with one attached hydrogen (secondary N) is 4. The summed E-state index contributed by atoms with van der Waals surface area (Å²) in [5, 5.41) is 13.9. The number of hydrogen-bond acceptors (Lipinski definition) is 6. The minimum atomic E-state index is -1.04. The van der Waals surface area contributed by atoms with E-state index in [2.05, 4.69) is 91.3 Å². The zero-order valence-corrected chi connectivity index (χ0v) is 34.9. The molecular weight excluding hydrogens is 701 g/mol. The van der Waals surface area contributed by atoms with Crippen LogP contribution in [0.3, 0.4) is 0 Å². The van der Waals surface area contributed by atoms with Gasteiger partial charge in [0, 0.05) is 31.6 Å². The van der Waals surface area contributed by atoms with E-state index < -0.39 is 41.8 Å². The van der Waals surface area contributed by atoms with Crippen molar-refractivity contribution in [2.45, 2.75) is 118 Å². The zero-order chi connectivity index (χ0) is 40.2. The van der Waals surface area contributed by atoms with Crippen molar-refractivity contribution >= 4 is 45.6 Å². The predicted octanol–water partition coefficient (Wildman–Crippen LogP) is 5.17. The number of nitrogens with zero attached hydrogens (tertiary/aromatic N) is 2. The van der Waals surface area contributed by atoms with Gasteiger partial charge in [0.1, 0.15) is 12.1 Å². The zero-order valence-electron chi connectivity index (χ0n) is 34.1. The van der Waals surface area contributed by atoms with Crippen LogP contribution in [0.5, 0.6) is 0 Å². The number of likely N-dealkylation sites (tertiary alicyclic amines) is 1. The predicted molar refractivity (Wildman–Crippen MR) is 221 cm³/mol. The molecule has 1 aliphatic heterocycles. The molecule has 0 bridgehead atoms. The van der Waals surface area contributed by atoms with Gasteiger partial charge in [-0.25, -0.2) is 4.79 Å². The van der Waals surface area contributed by atoms with E-state index in [1.807, 2.05) is 39.0 Å². The first-order chi connectivity index (χ1) is 25.6. The minimum absolute atomic E-state index is 0.0425. The third kappa shape index (κ3) is 12.1. The lowest BCUT2D eigenvalue weighted by Gasteiger charge is -2.37. The first-order valence-electron chi connectivity index (χ1n) is 19.6. The van der Waals surface area contributed by atoms with Crippen LogP contribution in [0.4, 0.5) is 4.79 Å². The summed E-state index contributed by atoms with van der Waals surface area (Å²) in [5.74, 6) is -1.89. The summed E-state index contributed by atoms with van der Waals surface area (Å²) >= 11 is 0. The fraction of sp³-hybridized carbons (Fsp3) is 0.619. The van der Waals surface area contributed by atoms with Crippen molar-refractivity contribution in [1.29, 1.82) is 0 Å². The molecule has 2 aliphatic rings. The van der Waals surface area contributed by atoms with Crippen LogP contribution in [-0.2, 0) is 32.0 Å². The Morgan fingerprint density at radius 3 is 2.22 bits per heavy atom. The van der Waals surface area contributed by atoms with Crippen molar-refractivity contribution in [2.75, 3.05) is 32.4 Å². The molecule has 5 amide bonds. The third-order valence-corrected chi connectivity index (χ3v) is 12.6. The lowest BCUT2D eigenvalue weighted by Crippen LogP contribution is -2.61. The monoisotopic (exact) mass is 766 g/mol. The average molecular weight is 767 g/mol. The van der Waals surface area contributed by atoms with E-state index in [1.165, 1.54) is 6.08 Å². The summed E-state index contributed by atoms with van der Waals surface area (Å²) in [6.07, 6.45) is 6.93. The van der Waals surface area contributed by atoms with Gasteiger partial charge in [0.2, 0.25) is 17.6 Å². The van der Waals surface area contributed by atoms with Gasteiger partial charge in [0.25, 0.3) is 5.91 Å². The summed E-state index contributed by atoms with van der Waals surface area (Å²) in [7, 11) is 2.03. The highest BCUT2D eigenvalue weighted by Gasteiger charge is 2.46. The van der Waals surface area contributed by atoms with Gasteiger partial charge in [-0.3, -0.25) is 23.5 Å². The minimum Gasteiger partial charge on any atom is -0.346 e. The second-order valence-electron chi connectivity index (χ2n) is 15.9. The number of likely N-dealkylation sites (N-methyl/N-ethyl adjacent to an activating group) is 1. The number of benzene rings is 1. The van der Waals surface area contributed by atoms with Crippen molar-refractivity contribution < 1.29 is 24.0 Å². The fourth-order valence-electron chi connectivity index (χ4n) is 7.53. The van der Waals surface area contributed by atoms with E-state index in [-0.39, 0.29) is 46.4 Å². The smallest absolute Gasteiger partial charge is 0.315 e. The molecule has 11 nitrogen and oxygen atoms in total. The normalized spacial score (nSPS) is 19.3. The van der Waals surface area contributed by atoms with Gasteiger partial charge in [0.05, 0.1) is 6.04 Å². The molecule has 2 unspecified atom stereocenters. The Kier molecular flexibility index (Phi) is 17.2. The Hall–Kier alpha value is -3.77. The quantitative estimate of drug-likeness (QED) is 0.0925. The van der Waals surface area contributed by atoms with E-state index in [4.69, 9.17) is 0 Å². The molecule has 0 spiro atoms. The summed E-state index contributed by atoms with van der Waals surface area (Å²) in [6.45, 7) is 21.0. The highest BCUT2D eigenvalue weighted by molar-refractivity contribution is 8.12. The highest BCUT2D eigenvalue weighted by atomic mass is 32.2. The van der Waals surface area contributed by atoms with E-state index in [0.29, 0.717) is 45.2 Å².